The zero-order valence-corrected chi connectivity index (χ0v) is 15.1. The lowest BCUT2D eigenvalue weighted by atomic mass is 9.92. The van der Waals surface area contributed by atoms with Crippen molar-refractivity contribution >= 4 is 17.6 Å². The van der Waals surface area contributed by atoms with Crippen LogP contribution in [0.15, 0.2) is 54.6 Å². The molecule has 0 fully saturated rings. The number of carboxylic acid groups (broad SMARTS) is 1. The molecular formula is C22H23NO3. The Morgan fingerprint density at radius 1 is 1.19 bits per heavy atom. The van der Waals surface area contributed by atoms with Gasteiger partial charge in [0.2, 0.25) is 0 Å². The summed E-state index contributed by atoms with van der Waals surface area (Å²) in [6, 6.07) is 14.1. The Balaban J connectivity index is 2.08. The van der Waals surface area contributed by atoms with Crippen LogP contribution in [0.25, 0.3) is 11.6 Å². The van der Waals surface area contributed by atoms with E-state index in [1.165, 1.54) is 5.56 Å². The molecule has 0 saturated carbocycles. The summed E-state index contributed by atoms with van der Waals surface area (Å²) < 4.78 is 6.02. The van der Waals surface area contributed by atoms with Gasteiger partial charge >= 0.3 is 5.97 Å². The summed E-state index contributed by atoms with van der Waals surface area (Å²) in [5.41, 5.74) is 5.31. The Kier molecular flexibility index (Phi) is 5.54. The van der Waals surface area contributed by atoms with Crippen LogP contribution in [-0.2, 0) is 11.4 Å². The van der Waals surface area contributed by atoms with E-state index in [1.807, 2.05) is 30.3 Å². The molecule has 1 aliphatic rings. The molecule has 0 aromatic heterocycles. The molecule has 4 nitrogen and oxygen atoms in total. The number of aliphatic carboxylic acids is 1. The van der Waals surface area contributed by atoms with Crippen LogP contribution in [0.5, 0.6) is 5.75 Å². The number of rotatable bonds is 5. The summed E-state index contributed by atoms with van der Waals surface area (Å²) in [6.07, 6.45) is 5.93. The first-order chi connectivity index (χ1) is 12.5. The Hall–Kier alpha value is -2.85. The molecule has 0 atom stereocenters. The lowest BCUT2D eigenvalue weighted by molar-refractivity contribution is -0.131. The van der Waals surface area contributed by atoms with Crippen molar-refractivity contribution in [1.82, 2.24) is 4.90 Å². The molecule has 0 unspecified atom stereocenters. The smallest absolute Gasteiger partial charge is 0.328 e. The number of fused-ring (bicyclic) bond motifs is 2. The van der Waals surface area contributed by atoms with Crippen molar-refractivity contribution in [2.45, 2.75) is 13.0 Å². The fraction of sp³-hybridized carbons (Fsp3) is 0.227. The number of ether oxygens (including phenoxy) is 1. The Labute approximate surface area is 154 Å². The second kappa shape index (κ2) is 8.02. The molecular weight excluding hydrogens is 326 g/mol. The SMILES string of the molecule is CN(C)CCC=C1c2ccccc2COc2ccc(/C=C/C(=O)O)cc21. The molecule has 1 heterocycles. The van der Waals surface area contributed by atoms with Crippen molar-refractivity contribution < 1.29 is 14.6 Å². The molecule has 0 radical (unpaired) electrons. The highest BCUT2D eigenvalue weighted by Crippen LogP contribution is 2.37. The predicted molar refractivity (Wildman–Crippen MR) is 104 cm³/mol. The minimum Gasteiger partial charge on any atom is -0.488 e. The molecule has 0 spiro atoms. The van der Waals surface area contributed by atoms with Gasteiger partial charge in [0.1, 0.15) is 12.4 Å². The summed E-state index contributed by atoms with van der Waals surface area (Å²) >= 11 is 0. The van der Waals surface area contributed by atoms with Gasteiger partial charge in [-0.05, 0) is 61.0 Å². The van der Waals surface area contributed by atoms with Crippen molar-refractivity contribution in [3.05, 3.63) is 76.9 Å². The molecule has 3 rings (SSSR count). The van der Waals surface area contributed by atoms with E-state index in [2.05, 4.69) is 37.2 Å². The molecule has 2 aromatic carbocycles. The molecule has 0 amide bonds. The molecule has 0 saturated heterocycles. The maximum absolute atomic E-state index is 10.8. The van der Waals surface area contributed by atoms with Crippen LogP contribution in [-0.4, -0.2) is 36.6 Å². The number of benzene rings is 2. The fourth-order valence-electron chi connectivity index (χ4n) is 3.05. The first-order valence-electron chi connectivity index (χ1n) is 8.66. The first kappa shape index (κ1) is 18.0. The van der Waals surface area contributed by atoms with Gasteiger partial charge in [0.05, 0.1) is 0 Å². The lowest BCUT2D eigenvalue weighted by Crippen LogP contribution is -2.12. The Morgan fingerprint density at radius 3 is 2.77 bits per heavy atom. The highest BCUT2D eigenvalue weighted by molar-refractivity contribution is 5.88. The summed E-state index contributed by atoms with van der Waals surface area (Å²) in [5, 5.41) is 8.88. The highest BCUT2D eigenvalue weighted by atomic mass is 16.5. The largest absolute Gasteiger partial charge is 0.488 e. The van der Waals surface area contributed by atoms with E-state index in [4.69, 9.17) is 9.84 Å². The third-order valence-electron chi connectivity index (χ3n) is 4.33. The molecule has 4 heteroatoms. The van der Waals surface area contributed by atoms with Crippen LogP contribution in [0, 0.1) is 0 Å². The standard InChI is InChI=1S/C22H23NO3/c1-23(2)13-5-8-19-18-7-4-3-6-17(18)15-26-21-11-9-16(14-20(19)21)10-12-22(24)25/h3-4,6-12,14H,5,13,15H2,1-2H3,(H,24,25)/b12-10+,19-8?. The van der Waals surface area contributed by atoms with Crippen LogP contribution in [0.3, 0.4) is 0 Å². The summed E-state index contributed by atoms with van der Waals surface area (Å²) in [5.74, 6) is -0.131. The van der Waals surface area contributed by atoms with Crippen LogP contribution in [0.1, 0.15) is 28.7 Å². The van der Waals surface area contributed by atoms with Gasteiger partial charge in [-0.1, -0.05) is 36.4 Å². The number of nitrogens with zero attached hydrogens (tertiary/aromatic N) is 1. The van der Waals surface area contributed by atoms with E-state index in [1.54, 1.807) is 6.08 Å². The summed E-state index contributed by atoms with van der Waals surface area (Å²) in [4.78, 5) is 13.0. The second-order valence-electron chi connectivity index (χ2n) is 6.58. The van der Waals surface area contributed by atoms with Crippen LogP contribution in [0.2, 0.25) is 0 Å². The normalized spacial score (nSPS) is 14.8. The van der Waals surface area contributed by atoms with Gasteiger partial charge in [-0.3, -0.25) is 0 Å². The summed E-state index contributed by atoms with van der Waals surface area (Å²) in [7, 11) is 4.12. The molecule has 1 N–H and O–H groups in total. The minimum atomic E-state index is -0.955. The van der Waals surface area contributed by atoms with Gasteiger partial charge in [0.25, 0.3) is 0 Å². The van der Waals surface area contributed by atoms with E-state index in [9.17, 15) is 4.79 Å². The highest BCUT2D eigenvalue weighted by Gasteiger charge is 2.19. The van der Waals surface area contributed by atoms with E-state index < -0.39 is 5.97 Å². The molecule has 0 aliphatic carbocycles. The van der Waals surface area contributed by atoms with Crippen LogP contribution < -0.4 is 4.74 Å². The van der Waals surface area contributed by atoms with Gasteiger partial charge in [-0.2, -0.15) is 0 Å². The van der Waals surface area contributed by atoms with Crippen molar-refractivity contribution in [3.63, 3.8) is 0 Å². The van der Waals surface area contributed by atoms with Gasteiger partial charge in [0.15, 0.2) is 0 Å². The van der Waals surface area contributed by atoms with Gasteiger partial charge < -0.3 is 14.7 Å². The fourth-order valence-corrected chi connectivity index (χ4v) is 3.05. The zero-order chi connectivity index (χ0) is 18.5. The minimum absolute atomic E-state index is 0.526. The Bertz CT molecular complexity index is 865. The molecule has 2 aromatic rings. The van der Waals surface area contributed by atoms with Crippen molar-refractivity contribution in [2.24, 2.45) is 0 Å². The first-order valence-corrected chi connectivity index (χ1v) is 8.66. The van der Waals surface area contributed by atoms with Crippen molar-refractivity contribution in [1.29, 1.82) is 0 Å². The van der Waals surface area contributed by atoms with E-state index in [-0.39, 0.29) is 0 Å². The number of carbonyl (C=O) groups is 1. The molecule has 0 bridgehead atoms. The van der Waals surface area contributed by atoms with Crippen LogP contribution >= 0.6 is 0 Å². The number of carboxylic acids is 1. The topological polar surface area (TPSA) is 49.8 Å². The van der Waals surface area contributed by atoms with Crippen molar-refractivity contribution in [2.75, 3.05) is 20.6 Å². The zero-order valence-electron chi connectivity index (χ0n) is 15.1. The molecule has 26 heavy (non-hydrogen) atoms. The van der Waals surface area contributed by atoms with Crippen LogP contribution in [0.4, 0.5) is 0 Å². The lowest BCUT2D eigenvalue weighted by Gasteiger charge is -2.13. The summed E-state index contributed by atoms with van der Waals surface area (Å²) in [6.45, 7) is 1.49. The average Bonchev–Trinajstić information content (AvgIpc) is 2.77. The van der Waals surface area contributed by atoms with Gasteiger partial charge in [0, 0.05) is 18.2 Å². The third-order valence-corrected chi connectivity index (χ3v) is 4.33. The van der Waals surface area contributed by atoms with Crippen molar-refractivity contribution in [3.8, 4) is 5.75 Å². The maximum Gasteiger partial charge on any atom is 0.328 e. The second-order valence-corrected chi connectivity index (χ2v) is 6.58. The Morgan fingerprint density at radius 2 is 2.00 bits per heavy atom. The number of hydrogen-bond acceptors (Lipinski definition) is 3. The average molecular weight is 349 g/mol. The predicted octanol–water partition coefficient (Wildman–Crippen LogP) is 4.06. The third kappa shape index (κ3) is 4.21. The monoisotopic (exact) mass is 349 g/mol. The number of hydrogen-bond donors (Lipinski definition) is 1. The van der Waals surface area contributed by atoms with Gasteiger partial charge in [-0.25, -0.2) is 4.79 Å². The van der Waals surface area contributed by atoms with E-state index in [0.29, 0.717) is 6.61 Å². The quantitative estimate of drug-likeness (QED) is 0.827. The maximum atomic E-state index is 10.8. The van der Waals surface area contributed by atoms with E-state index >= 15 is 0 Å². The molecule has 1 aliphatic heterocycles. The van der Waals surface area contributed by atoms with Gasteiger partial charge in [-0.15, -0.1) is 0 Å². The van der Waals surface area contributed by atoms with E-state index in [0.717, 1.165) is 47.1 Å². The molecule has 134 valence electrons.